The van der Waals surface area contributed by atoms with Crippen LogP contribution in [0.2, 0.25) is 0 Å². The molecule has 0 saturated heterocycles. The van der Waals surface area contributed by atoms with Crippen molar-refractivity contribution in [3.05, 3.63) is 65.7 Å². The SMILES string of the molecule is CCNC(=NCc1ccc(S(=O)(=O)N(C)C)cc1)NCC(CO)c1ccccc1.I. The smallest absolute Gasteiger partial charge is 0.242 e. The fourth-order valence-corrected chi connectivity index (χ4v) is 3.62. The Kier molecular flexibility index (Phi) is 11.3. The van der Waals surface area contributed by atoms with Gasteiger partial charge in [-0.25, -0.2) is 17.7 Å². The quantitative estimate of drug-likeness (QED) is 0.255. The van der Waals surface area contributed by atoms with Crippen molar-refractivity contribution in [2.75, 3.05) is 33.8 Å². The molecule has 1 atom stereocenters. The number of aliphatic hydroxyl groups is 1. The van der Waals surface area contributed by atoms with Gasteiger partial charge in [-0.1, -0.05) is 42.5 Å². The first kappa shape index (κ1) is 26.3. The van der Waals surface area contributed by atoms with Gasteiger partial charge in [-0.15, -0.1) is 24.0 Å². The van der Waals surface area contributed by atoms with Gasteiger partial charge in [-0.3, -0.25) is 0 Å². The highest BCUT2D eigenvalue weighted by atomic mass is 127. The molecule has 0 fully saturated rings. The molecule has 9 heteroatoms. The minimum absolute atomic E-state index is 0. The second-order valence-corrected chi connectivity index (χ2v) is 8.95. The number of aliphatic hydroxyl groups excluding tert-OH is 1. The van der Waals surface area contributed by atoms with Crippen molar-refractivity contribution in [3.63, 3.8) is 0 Å². The Morgan fingerprint density at radius 2 is 1.70 bits per heavy atom. The number of sulfonamides is 1. The normalized spacial score (nSPS) is 12.9. The molecular weight excluding hydrogens is 515 g/mol. The average molecular weight is 546 g/mol. The molecule has 30 heavy (non-hydrogen) atoms. The Hall–Kier alpha value is -1.69. The van der Waals surface area contributed by atoms with Crippen LogP contribution in [0.5, 0.6) is 0 Å². The van der Waals surface area contributed by atoms with Gasteiger partial charge in [-0.05, 0) is 30.2 Å². The summed E-state index contributed by atoms with van der Waals surface area (Å²) in [4.78, 5) is 4.82. The highest BCUT2D eigenvalue weighted by Crippen LogP contribution is 2.15. The van der Waals surface area contributed by atoms with Crippen LogP contribution in [0.25, 0.3) is 0 Å². The van der Waals surface area contributed by atoms with E-state index in [2.05, 4.69) is 15.6 Å². The molecule has 0 aliphatic rings. The van der Waals surface area contributed by atoms with Crippen LogP contribution < -0.4 is 10.6 Å². The zero-order chi connectivity index (χ0) is 21.3. The third kappa shape index (κ3) is 7.53. The third-order valence-corrected chi connectivity index (χ3v) is 6.30. The van der Waals surface area contributed by atoms with Crippen LogP contribution in [0.1, 0.15) is 24.0 Å². The van der Waals surface area contributed by atoms with Crippen LogP contribution in [0.4, 0.5) is 0 Å². The molecule has 2 rings (SSSR count). The number of hydrogen-bond donors (Lipinski definition) is 3. The third-order valence-electron chi connectivity index (χ3n) is 4.47. The molecule has 7 nitrogen and oxygen atoms in total. The number of aliphatic imine (C=N–C) groups is 1. The number of nitrogens with zero attached hydrogens (tertiary/aromatic N) is 2. The molecule has 0 aliphatic heterocycles. The summed E-state index contributed by atoms with van der Waals surface area (Å²) in [7, 11) is -0.410. The van der Waals surface area contributed by atoms with Gasteiger partial charge in [0, 0.05) is 33.1 Å². The molecule has 0 aliphatic carbocycles. The highest BCUT2D eigenvalue weighted by molar-refractivity contribution is 14.0. The summed E-state index contributed by atoms with van der Waals surface area (Å²) >= 11 is 0. The number of nitrogens with one attached hydrogen (secondary N) is 2. The Labute approximate surface area is 196 Å². The van der Waals surface area contributed by atoms with Gasteiger partial charge < -0.3 is 15.7 Å². The maximum atomic E-state index is 12.1. The van der Waals surface area contributed by atoms with Crippen molar-refractivity contribution in [2.24, 2.45) is 4.99 Å². The molecule has 0 heterocycles. The fraction of sp³-hybridized carbons (Fsp3) is 0.381. The molecule has 0 spiro atoms. The van der Waals surface area contributed by atoms with Crippen molar-refractivity contribution in [2.45, 2.75) is 24.3 Å². The Morgan fingerprint density at radius 3 is 2.23 bits per heavy atom. The Bertz CT molecular complexity index is 888. The number of benzene rings is 2. The maximum absolute atomic E-state index is 12.1. The molecule has 0 saturated carbocycles. The van der Waals surface area contributed by atoms with Gasteiger partial charge >= 0.3 is 0 Å². The molecule has 2 aromatic carbocycles. The maximum Gasteiger partial charge on any atom is 0.242 e. The lowest BCUT2D eigenvalue weighted by atomic mass is 10.0. The zero-order valence-electron chi connectivity index (χ0n) is 17.6. The molecular formula is C21H31IN4O3S. The number of rotatable bonds is 9. The summed E-state index contributed by atoms with van der Waals surface area (Å²) in [5, 5.41) is 16.2. The van der Waals surface area contributed by atoms with Gasteiger partial charge in [-0.2, -0.15) is 0 Å². The first-order valence-corrected chi connectivity index (χ1v) is 11.0. The lowest BCUT2D eigenvalue weighted by molar-refractivity contribution is 0.265. The van der Waals surface area contributed by atoms with Crippen LogP contribution in [0.15, 0.2) is 64.5 Å². The van der Waals surface area contributed by atoms with Crippen LogP contribution in [0, 0.1) is 0 Å². The number of guanidine groups is 1. The van der Waals surface area contributed by atoms with E-state index < -0.39 is 10.0 Å². The predicted molar refractivity (Wildman–Crippen MR) is 132 cm³/mol. The topological polar surface area (TPSA) is 94.0 Å². The lowest BCUT2D eigenvalue weighted by Crippen LogP contribution is -2.39. The van der Waals surface area contributed by atoms with E-state index in [1.54, 1.807) is 24.3 Å². The van der Waals surface area contributed by atoms with E-state index in [-0.39, 0.29) is 41.4 Å². The molecule has 2 aromatic rings. The van der Waals surface area contributed by atoms with Crippen LogP contribution in [0.3, 0.4) is 0 Å². The van der Waals surface area contributed by atoms with Gasteiger partial charge in [0.15, 0.2) is 5.96 Å². The van der Waals surface area contributed by atoms with E-state index in [9.17, 15) is 13.5 Å². The van der Waals surface area contributed by atoms with E-state index in [4.69, 9.17) is 0 Å². The summed E-state index contributed by atoms with van der Waals surface area (Å²) in [6.07, 6.45) is 0. The van der Waals surface area contributed by atoms with Gasteiger partial charge in [0.1, 0.15) is 0 Å². The largest absolute Gasteiger partial charge is 0.396 e. The van der Waals surface area contributed by atoms with Gasteiger partial charge in [0.2, 0.25) is 10.0 Å². The standard InChI is InChI=1S/C21H30N4O3S.HI/c1-4-22-21(24-15-19(16-26)18-8-6-5-7-9-18)23-14-17-10-12-20(13-11-17)29(27,28)25(2)3;/h5-13,19,26H,4,14-16H2,1-3H3,(H2,22,23,24);1H. The summed E-state index contributed by atoms with van der Waals surface area (Å²) in [5.41, 5.74) is 1.97. The fourth-order valence-electron chi connectivity index (χ4n) is 2.72. The molecule has 0 amide bonds. The minimum Gasteiger partial charge on any atom is -0.396 e. The van der Waals surface area contributed by atoms with Crippen LogP contribution >= 0.6 is 24.0 Å². The first-order chi connectivity index (χ1) is 13.9. The van der Waals surface area contributed by atoms with Crippen molar-refractivity contribution >= 4 is 40.0 Å². The predicted octanol–water partition coefficient (Wildman–Crippen LogP) is 2.39. The minimum atomic E-state index is -3.43. The highest BCUT2D eigenvalue weighted by Gasteiger charge is 2.16. The monoisotopic (exact) mass is 546 g/mol. The lowest BCUT2D eigenvalue weighted by Gasteiger charge is -2.18. The number of hydrogen-bond acceptors (Lipinski definition) is 4. The van der Waals surface area contributed by atoms with E-state index in [1.165, 1.54) is 18.4 Å². The zero-order valence-corrected chi connectivity index (χ0v) is 20.7. The van der Waals surface area contributed by atoms with E-state index in [0.29, 0.717) is 25.6 Å². The van der Waals surface area contributed by atoms with Crippen LogP contribution in [-0.2, 0) is 16.6 Å². The molecule has 0 aromatic heterocycles. The molecule has 3 N–H and O–H groups in total. The van der Waals surface area contributed by atoms with Crippen molar-refractivity contribution in [3.8, 4) is 0 Å². The average Bonchev–Trinajstić information content (AvgIpc) is 2.73. The van der Waals surface area contributed by atoms with Crippen molar-refractivity contribution in [1.82, 2.24) is 14.9 Å². The second kappa shape index (κ2) is 12.9. The van der Waals surface area contributed by atoms with E-state index >= 15 is 0 Å². The summed E-state index contributed by atoms with van der Waals surface area (Å²) in [6, 6.07) is 16.6. The molecule has 1 unspecified atom stereocenters. The number of halogens is 1. The summed E-state index contributed by atoms with van der Waals surface area (Å²) < 4.78 is 25.5. The Morgan fingerprint density at radius 1 is 1.07 bits per heavy atom. The van der Waals surface area contributed by atoms with E-state index in [1.807, 2.05) is 37.3 Å². The van der Waals surface area contributed by atoms with E-state index in [0.717, 1.165) is 11.1 Å². The van der Waals surface area contributed by atoms with Crippen molar-refractivity contribution < 1.29 is 13.5 Å². The first-order valence-electron chi connectivity index (χ1n) is 9.58. The van der Waals surface area contributed by atoms with Crippen LogP contribution in [-0.4, -0.2) is 57.6 Å². The molecule has 0 radical (unpaired) electrons. The molecule has 166 valence electrons. The Balaban J connectivity index is 0.00000450. The second-order valence-electron chi connectivity index (χ2n) is 6.80. The van der Waals surface area contributed by atoms with Gasteiger partial charge in [0.05, 0.1) is 18.0 Å². The molecule has 0 bridgehead atoms. The summed E-state index contributed by atoms with van der Waals surface area (Å²) in [5.74, 6) is 0.613. The summed E-state index contributed by atoms with van der Waals surface area (Å²) in [6.45, 7) is 3.69. The van der Waals surface area contributed by atoms with Gasteiger partial charge in [0.25, 0.3) is 0 Å². The van der Waals surface area contributed by atoms with Crippen molar-refractivity contribution in [1.29, 1.82) is 0 Å².